The Morgan fingerprint density at radius 1 is 0.401 bits per heavy atom. The van der Waals surface area contributed by atoms with Gasteiger partial charge in [0.15, 0.2) is 23.1 Å². The molecule has 30 heteroatoms. The number of Topliss-reactive ketones (excluding diaryl/α,β-unsaturated/α-hetero) is 4. The predicted molar refractivity (Wildman–Crippen MR) is 568 cm³/mol. The molecule has 0 radical (unpaired) electrons. The number of esters is 3. The molecule has 0 saturated carbocycles. The largest absolute Gasteiger partial charge is 0.496 e. The van der Waals surface area contributed by atoms with E-state index in [4.69, 9.17) is 109 Å². The van der Waals surface area contributed by atoms with Gasteiger partial charge in [0.05, 0.1) is 77.9 Å². The van der Waals surface area contributed by atoms with Crippen LogP contribution in [0.25, 0.3) is 33.4 Å². The van der Waals surface area contributed by atoms with Gasteiger partial charge in [0.25, 0.3) is 0 Å². The molecule has 10 aromatic rings. The average molecular weight is 2050 g/mol. The molecule has 9 N–H and O–H groups in total. The Morgan fingerprint density at radius 3 is 1.04 bits per heavy atom. The van der Waals surface area contributed by atoms with E-state index in [1.807, 2.05) is 153 Å². The van der Waals surface area contributed by atoms with E-state index < -0.39 is 46.8 Å². The summed E-state index contributed by atoms with van der Waals surface area (Å²) in [4.78, 5) is 125. The number of nitrogens with one attached hydrogen (secondary N) is 4. The SMILES string of the molecule is CC1(C)OB(c2ccc(N)cc2Cl)OC1(C)C.CC1CCCO1.CCC1(CC(=O)O)CCc2cc(-c3ccc(NC(=O)Nc4cccc(Cl)c4)cc3Cl)ccc2C1=O.CCOC(=O)CC1(CC)CCc2cc(-c3ccc(N)cc3Cl)ccc2C1=O.CCOC(=O)CC1(CC)CCc2cc(-c3ccc(NC(=O)Nc4cccc(Cl)c4)cc3Cl)ccc2C1=O.CCOC(=O)CC1(CC)CCc2cc(C)ccc2C1=O. The molecule has 2 saturated heterocycles. The van der Waals surface area contributed by atoms with E-state index in [2.05, 4.69) is 34.3 Å². The number of nitrogens with two attached hydrogens (primary N) is 2. The first kappa shape index (κ1) is 111. The van der Waals surface area contributed by atoms with Gasteiger partial charge in [0, 0.05) is 122 Å². The number of carboxylic acids is 1. The van der Waals surface area contributed by atoms with Crippen LogP contribution in [0.3, 0.4) is 0 Å². The van der Waals surface area contributed by atoms with Crippen molar-refractivity contribution in [3.8, 4) is 33.4 Å². The van der Waals surface area contributed by atoms with E-state index in [0.29, 0.717) is 165 Å². The number of hydrogen-bond acceptors (Lipinski definition) is 18. The highest BCUT2D eigenvalue weighted by molar-refractivity contribution is 6.65. The van der Waals surface area contributed by atoms with Crippen molar-refractivity contribution < 1.29 is 81.3 Å². The summed E-state index contributed by atoms with van der Waals surface area (Å²) in [6.45, 7) is 27.3. The highest BCUT2D eigenvalue weighted by atomic mass is 35.5. The highest BCUT2D eigenvalue weighted by Gasteiger charge is 2.53. The number of aryl methyl sites for hydroxylation is 5. The second-order valence-electron chi connectivity index (χ2n) is 37.6. The van der Waals surface area contributed by atoms with Crippen LogP contribution in [0.5, 0.6) is 0 Å². The molecule has 142 heavy (non-hydrogen) atoms. The second-order valence-corrected chi connectivity index (χ2v) is 40.1. The van der Waals surface area contributed by atoms with Crippen molar-refractivity contribution in [2.75, 3.05) is 59.2 Å². The van der Waals surface area contributed by atoms with Crippen LogP contribution in [-0.4, -0.2) is 115 Å². The summed E-state index contributed by atoms with van der Waals surface area (Å²) in [5, 5.41) is 23.4. The Hall–Kier alpha value is -11.4. The van der Waals surface area contributed by atoms with Crippen LogP contribution in [0.15, 0.2) is 194 Å². The van der Waals surface area contributed by atoms with Crippen molar-refractivity contribution in [2.45, 2.75) is 223 Å². The summed E-state index contributed by atoms with van der Waals surface area (Å²) in [7, 11) is -0.437. The number of ether oxygens (including phenoxy) is 4. The summed E-state index contributed by atoms with van der Waals surface area (Å²) in [5.74, 6) is -1.83. The van der Waals surface area contributed by atoms with Gasteiger partial charge >= 0.3 is 43.1 Å². The zero-order chi connectivity index (χ0) is 103. The van der Waals surface area contributed by atoms with Crippen molar-refractivity contribution in [1.82, 2.24) is 0 Å². The molecule has 0 spiro atoms. The molecule has 5 unspecified atom stereocenters. The topological polar surface area (TPSA) is 346 Å². The van der Waals surface area contributed by atoms with Gasteiger partial charge in [-0.05, 0) is 276 Å². The fourth-order valence-electron chi connectivity index (χ4n) is 18.7. The lowest BCUT2D eigenvalue weighted by Gasteiger charge is -2.35. The van der Waals surface area contributed by atoms with Crippen LogP contribution in [0.2, 0.25) is 30.1 Å². The Labute approximate surface area is 862 Å². The highest BCUT2D eigenvalue weighted by Crippen LogP contribution is 2.49. The molecule has 4 amide bonds. The number of anilines is 6. The van der Waals surface area contributed by atoms with E-state index in [9.17, 15) is 53.1 Å². The number of nitrogen functional groups attached to an aromatic ring is 2. The molecule has 0 bridgehead atoms. The molecule has 2 aliphatic heterocycles. The Kier molecular flexibility index (Phi) is 38.5. The van der Waals surface area contributed by atoms with Gasteiger partial charge < -0.3 is 66.1 Å². The van der Waals surface area contributed by atoms with Crippen LogP contribution in [0.4, 0.5) is 43.7 Å². The van der Waals surface area contributed by atoms with E-state index in [-0.39, 0.29) is 77.9 Å². The zero-order valence-corrected chi connectivity index (χ0v) is 87.1. The first-order valence-corrected chi connectivity index (χ1v) is 50.5. The van der Waals surface area contributed by atoms with Crippen molar-refractivity contribution >= 4 is 175 Å². The zero-order valence-electron chi connectivity index (χ0n) is 82.6. The number of carbonyl (C=O) groups excluding carboxylic acids is 9. The number of carboxylic acid groups (broad SMARTS) is 1. The Bertz CT molecular complexity index is 6330. The van der Waals surface area contributed by atoms with Gasteiger partial charge in [0.2, 0.25) is 0 Å². The number of aliphatic carboxylic acids is 1. The average Bonchev–Trinajstić information content (AvgIpc) is 1.03. The molecular weight excluding hydrogens is 1920 g/mol. The predicted octanol–water partition coefficient (Wildman–Crippen LogP) is 27.0. The Balaban J connectivity index is 0.000000171. The van der Waals surface area contributed by atoms with E-state index in [1.54, 1.807) is 118 Å². The van der Waals surface area contributed by atoms with E-state index in [1.165, 1.54) is 18.4 Å². The quantitative estimate of drug-likeness (QED) is 0.0135. The van der Waals surface area contributed by atoms with Gasteiger partial charge in [0.1, 0.15) is 0 Å². The maximum atomic E-state index is 13.4. The maximum absolute atomic E-state index is 13.4. The molecule has 16 rings (SSSR count). The number of urea groups is 2. The number of ketones is 4. The summed E-state index contributed by atoms with van der Waals surface area (Å²) in [6.07, 6.45) is 11.1. The van der Waals surface area contributed by atoms with Crippen LogP contribution in [0, 0.1) is 28.6 Å². The smallest absolute Gasteiger partial charge is 0.481 e. The van der Waals surface area contributed by atoms with Crippen molar-refractivity contribution in [2.24, 2.45) is 21.7 Å². The third-order valence-corrected chi connectivity index (χ3v) is 29.5. The van der Waals surface area contributed by atoms with Crippen LogP contribution in [-0.2, 0) is 73.1 Å². The fraction of sp³-hybridized carbons (Fsp3) is 0.375. The van der Waals surface area contributed by atoms with Gasteiger partial charge in [-0.25, -0.2) is 9.59 Å². The number of amides is 4. The van der Waals surface area contributed by atoms with Gasteiger partial charge in [-0.1, -0.05) is 212 Å². The number of fused-ring (bicyclic) bond motifs is 4. The van der Waals surface area contributed by atoms with Crippen LogP contribution in [0.1, 0.15) is 242 Å². The maximum Gasteiger partial charge on any atom is 0.496 e. The minimum absolute atomic E-state index is 0.00721. The lowest BCUT2D eigenvalue weighted by molar-refractivity contribution is -0.146. The second kappa shape index (κ2) is 49.2. The van der Waals surface area contributed by atoms with E-state index >= 15 is 0 Å². The normalized spacial score (nSPS) is 19.2. The van der Waals surface area contributed by atoms with Gasteiger partial charge in [-0.2, -0.15) is 0 Å². The number of halogens is 6. The van der Waals surface area contributed by atoms with E-state index in [0.717, 1.165) is 92.5 Å². The molecule has 2 heterocycles. The Morgan fingerprint density at radius 2 is 0.725 bits per heavy atom. The molecule has 23 nitrogen and oxygen atoms in total. The minimum atomic E-state index is -0.956. The standard InChI is InChI=1S/C29H28Cl2N2O4.C27H24Cl2N2O4.C22H24ClNO3.C17H22O3.C12H17BClNO2.C5H10O/c1-3-29(17-26(34)37-4-2)13-12-19-14-18(8-10-24(19)27(29)35)23-11-9-22(16-25(23)31)33-28(36)32-21-7-5-6-20(30)15-21;1-2-27(15-24(32)33)11-10-17-12-16(6-8-22(17)25(27)34)21-9-7-20(14-23(21)29)31-26(35)30-19-5-3-4-18(28)13-19;1-3-22(13-20(25)27-4-2)10-9-15-11-14(5-7-18(15)21(22)26)17-8-6-16(24)12-19(17)23;1-4-17(11-15(18)20-5-2)9-8-13-10-12(3)6-7-14(13)16(17)19;1-11(2)12(3,4)17-13(16-11)9-6-5-8(15)7-10(9)14;1-5-3-2-4-6-5/h5-11,14-16H,3-4,12-13,17H2,1-2H3,(H2,32,33,36);3-9,12-14H,2,10-11,15H2,1H3,(H,32,33)(H2,30,31,35);5-8,11-12H,3-4,9-10,13,24H2,1-2H3;6-7,10H,4-5,8-9,11H2,1-3H3;5-7H,15H2,1-4H3;5H,2-4H2,1H3. The summed E-state index contributed by atoms with van der Waals surface area (Å²) >= 11 is 37.5. The minimum Gasteiger partial charge on any atom is -0.481 e. The lowest BCUT2D eigenvalue weighted by atomic mass is 9.67. The van der Waals surface area contributed by atoms with Gasteiger partial charge in [-0.3, -0.25) is 38.4 Å². The monoisotopic (exact) mass is 2050 g/mol. The fourth-order valence-corrected chi connectivity index (χ4v) is 20.2. The molecular formula is C112H125BCl6N6O17. The molecule has 5 atom stereocenters. The molecule has 750 valence electrons. The molecule has 0 aromatic heterocycles. The van der Waals surface area contributed by atoms with Crippen molar-refractivity contribution in [3.05, 3.63) is 274 Å². The molecule has 10 aromatic carbocycles. The lowest BCUT2D eigenvalue weighted by Crippen LogP contribution is -2.41. The molecule has 6 aliphatic rings. The van der Waals surface area contributed by atoms with Crippen molar-refractivity contribution in [3.63, 3.8) is 0 Å². The number of carbonyl (C=O) groups is 10. The first-order chi connectivity index (χ1) is 67.5. The summed E-state index contributed by atoms with van der Waals surface area (Å²) in [6, 6.07) is 57.1. The van der Waals surface area contributed by atoms with Crippen LogP contribution < -0.4 is 38.2 Å². The van der Waals surface area contributed by atoms with Crippen LogP contribution >= 0.6 is 69.6 Å². The first-order valence-electron chi connectivity index (χ1n) is 48.2. The molecule has 2 fully saturated rings. The third kappa shape index (κ3) is 27.6. The summed E-state index contributed by atoms with van der Waals surface area (Å²) < 4.78 is 32.3. The number of hydrogen-bond donors (Lipinski definition) is 7. The summed E-state index contributed by atoms with van der Waals surface area (Å²) in [5.41, 5.74) is 25.1. The number of rotatable bonds is 23. The van der Waals surface area contributed by atoms with Crippen molar-refractivity contribution in [1.29, 1.82) is 0 Å². The third-order valence-electron chi connectivity index (χ3n) is 27.8. The van der Waals surface area contributed by atoms with Gasteiger partial charge in [-0.15, -0.1) is 0 Å². The molecule has 4 aliphatic carbocycles. The number of benzene rings is 10.